The van der Waals surface area contributed by atoms with Gasteiger partial charge in [0.15, 0.2) is 4.96 Å². The molecule has 0 saturated heterocycles. The molecule has 0 fully saturated rings. The van der Waals surface area contributed by atoms with Crippen LogP contribution in [0.1, 0.15) is 29.1 Å². The van der Waals surface area contributed by atoms with E-state index in [0.29, 0.717) is 23.9 Å². The van der Waals surface area contributed by atoms with Crippen LogP contribution in [0.2, 0.25) is 0 Å². The number of carbonyl (C=O) groups is 1. The number of hydrogen-bond acceptors (Lipinski definition) is 7. The molecule has 0 spiro atoms. The number of hydrogen-bond donors (Lipinski definition) is 0. The molecule has 7 nitrogen and oxygen atoms in total. The lowest BCUT2D eigenvalue weighted by Crippen LogP contribution is -2.20. The highest BCUT2D eigenvalue weighted by Crippen LogP contribution is 2.28. The van der Waals surface area contributed by atoms with Gasteiger partial charge < -0.3 is 14.2 Å². The van der Waals surface area contributed by atoms with Crippen molar-refractivity contribution in [2.24, 2.45) is 0 Å². The van der Waals surface area contributed by atoms with Crippen molar-refractivity contribution in [3.8, 4) is 0 Å². The fraction of sp³-hybridized carbons (Fsp3) is 0.438. The average Bonchev–Trinajstić information content (AvgIpc) is 2.99. The average molecular weight is 348 g/mol. The number of thiazole rings is 1. The quantitative estimate of drug-likeness (QED) is 0.784. The summed E-state index contributed by atoms with van der Waals surface area (Å²) in [7, 11) is 0. The maximum atomic E-state index is 12.4. The maximum absolute atomic E-state index is 12.4. The van der Waals surface area contributed by atoms with E-state index < -0.39 is 5.97 Å². The van der Waals surface area contributed by atoms with Crippen molar-refractivity contribution >= 4 is 22.3 Å². The fourth-order valence-electron chi connectivity index (χ4n) is 2.90. The summed E-state index contributed by atoms with van der Waals surface area (Å²) in [4.78, 5) is 30.7. The van der Waals surface area contributed by atoms with E-state index in [-0.39, 0.29) is 17.9 Å². The zero-order valence-corrected chi connectivity index (χ0v) is 13.8. The molecule has 0 atom stereocenters. The third-order valence-electron chi connectivity index (χ3n) is 4.02. The Hall–Kier alpha value is -2.35. The number of esters is 1. The molecule has 3 heterocycles. The lowest BCUT2D eigenvalue weighted by molar-refractivity contribution is -0.146. The van der Waals surface area contributed by atoms with Crippen molar-refractivity contribution in [1.82, 2.24) is 9.38 Å². The molecule has 8 heteroatoms. The summed E-state index contributed by atoms with van der Waals surface area (Å²) in [5.74, 6) is -0.590. The van der Waals surface area contributed by atoms with Gasteiger partial charge in [0.2, 0.25) is 5.76 Å². The minimum absolute atomic E-state index is 0.0330. The molecule has 0 N–H and O–H groups in total. The fourth-order valence-corrected chi connectivity index (χ4v) is 4.13. The van der Waals surface area contributed by atoms with Gasteiger partial charge in [-0.3, -0.25) is 9.20 Å². The van der Waals surface area contributed by atoms with Crippen molar-refractivity contribution in [3.63, 3.8) is 0 Å². The van der Waals surface area contributed by atoms with Crippen molar-refractivity contribution in [2.45, 2.75) is 32.3 Å². The van der Waals surface area contributed by atoms with Crippen LogP contribution in [0.3, 0.4) is 0 Å². The Balaban J connectivity index is 1.56. The number of aryl methyl sites for hydroxylation is 2. The Labute approximate surface area is 141 Å². The Bertz CT molecular complexity index is 882. The first-order chi connectivity index (χ1) is 11.7. The van der Waals surface area contributed by atoms with Crippen molar-refractivity contribution < 1.29 is 19.0 Å². The summed E-state index contributed by atoms with van der Waals surface area (Å²) < 4.78 is 17.0. The third-order valence-corrected chi connectivity index (χ3v) is 5.16. The Morgan fingerprint density at radius 1 is 1.33 bits per heavy atom. The standard InChI is InChI=1S/C16H16N2O5S/c19-14-7-10(8-23-15(20)12-9-21-5-6-22-12)17-16-18(14)11-3-1-2-4-13(11)24-16/h7,9H,1-6,8H2. The lowest BCUT2D eigenvalue weighted by Gasteiger charge is -2.14. The molecule has 126 valence electrons. The van der Waals surface area contributed by atoms with E-state index in [1.165, 1.54) is 17.2 Å². The van der Waals surface area contributed by atoms with Gasteiger partial charge in [-0.15, -0.1) is 11.3 Å². The minimum Gasteiger partial charge on any atom is -0.493 e. The van der Waals surface area contributed by atoms with Gasteiger partial charge >= 0.3 is 5.97 Å². The van der Waals surface area contributed by atoms with Crippen LogP contribution in [0.25, 0.3) is 4.96 Å². The summed E-state index contributed by atoms with van der Waals surface area (Å²) in [6, 6.07) is 1.43. The molecule has 1 aliphatic heterocycles. The summed E-state index contributed by atoms with van der Waals surface area (Å²) in [5, 5.41) is 0. The first-order valence-electron chi connectivity index (χ1n) is 7.87. The van der Waals surface area contributed by atoms with Crippen molar-refractivity contribution in [2.75, 3.05) is 13.2 Å². The molecular weight excluding hydrogens is 332 g/mol. The third kappa shape index (κ3) is 2.77. The minimum atomic E-state index is -0.623. The van der Waals surface area contributed by atoms with Crippen LogP contribution >= 0.6 is 11.3 Å². The molecule has 24 heavy (non-hydrogen) atoms. The first-order valence-corrected chi connectivity index (χ1v) is 8.69. The van der Waals surface area contributed by atoms with Crippen LogP contribution in [0, 0.1) is 0 Å². The number of ether oxygens (including phenoxy) is 3. The molecule has 0 aromatic carbocycles. The molecular formula is C16H16N2O5S. The number of rotatable bonds is 3. The number of aromatic nitrogens is 2. The Morgan fingerprint density at radius 3 is 3.04 bits per heavy atom. The Morgan fingerprint density at radius 2 is 2.21 bits per heavy atom. The van der Waals surface area contributed by atoms with E-state index in [4.69, 9.17) is 14.2 Å². The highest BCUT2D eigenvalue weighted by Gasteiger charge is 2.20. The predicted octanol–water partition coefficient (Wildman–Crippen LogP) is 1.57. The van der Waals surface area contributed by atoms with Crippen LogP contribution in [-0.2, 0) is 38.5 Å². The second-order valence-electron chi connectivity index (χ2n) is 5.66. The van der Waals surface area contributed by atoms with Gasteiger partial charge in [0.1, 0.15) is 26.1 Å². The lowest BCUT2D eigenvalue weighted by atomic mass is 10.0. The zero-order chi connectivity index (χ0) is 16.5. The van der Waals surface area contributed by atoms with Gasteiger partial charge in [-0.25, -0.2) is 9.78 Å². The predicted molar refractivity (Wildman–Crippen MR) is 85.8 cm³/mol. The van der Waals surface area contributed by atoms with Gasteiger partial charge in [0.25, 0.3) is 5.56 Å². The van der Waals surface area contributed by atoms with Crippen molar-refractivity contribution in [3.05, 3.63) is 44.7 Å². The summed E-state index contributed by atoms with van der Waals surface area (Å²) in [6.45, 7) is 0.649. The molecule has 0 unspecified atom stereocenters. The summed E-state index contributed by atoms with van der Waals surface area (Å²) in [5.41, 5.74) is 1.39. The normalized spacial score (nSPS) is 16.8. The van der Waals surface area contributed by atoms with Gasteiger partial charge in [-0.05, 0) is 25.7 Å². The van der Waals surface area contributed by atoms with Gasteiger partial charge in [-0.2, -0.15) is 0 Å². The number of fused-ring (bicyclic) bond motifs is 3. The Kier molecular flexibility index (Phi) is 3.97. The molecule has 2 aromatic heterocycles. The van der Waals surface area contributed by atoms with E-state index in [0.717, 1.165) is 31.4 Å². The number of nitrogens with zero attached hydrogens (tertiary/aromatic N) is 2. The van der Waals surface area contributed by atoms with E-state index in [1.807, 2.05) is 0 Å². The monoisotopic (exact) mass is 348 g/mol. The van der Waals surface area contributed by atoms with E-state index in [1.54, 1.807) is 15.7 Å². The second kappa shape index (κ2) is 6.27. The van der Waals surface area contributed by atoms with Crippen LogP contribution in [0.15, 0.2) is 22.9 Å². The van der Waals surface area contributed by atoms with Crippen LogP contribution < -0.4 is 5.56 Å². The van der Waals surface area contributed by atoms with E-state index in [2.05, 4.69) is 4.98 Å². The van der Waals surface area contributed by atoms with Crippen molar-refractivity contribution in [1.29, 1.82) is 0 Å². The molecule has 1 aliphatic carbocycles. The van der Waals surface area contributed by atoms with Gasteiger partial charge in [0, 0.05) is 16.6 Å². The molecule has 0 saturated carbocycles. The topological polar surface area (TPSA) is 79.1 Å². The molecule has 0 radical (unpaired) electrons. The maximum Gasteiger partial charge on any atom is 0.377 e. The zero-order valence-electron chi connectivity index (χ0n) is 12.9. The van der Waals surface area contributed by atoms with Crippen LogP contribution in [-0.4, -0.2) is 28.6 Å². The summed E-state index contributed by atoms with van der Waals surface area (Å²) in [6.07, 6.45) is 5.40. The number of carbonyl (C=O) groups excluding carboxylic acids is 1. The molecule has 0 amide bonds. The van der Waals surface area contributed by atoms with Crippen LogP contribution in [0.4, 0.5) is 0 Å². The SMILES string of the molecule is O=C(OCc1cc(=O)n2c3c(sc2n1)CCCC3)C1=COCCO1. The van der Waals surface area contributed by atoms with E-state index in [9.17, 15) is 9.59 Å². The highest BCUT2D eigenvalue weighted by molar-refractivity contribution is 7.17. The molecule has 2 aromatic rings. The summed E-state index contributed by atoms with van der Waals surface area (Å²) >= 11 is 1.55. The smallest absolute Gasteiger partial charge is 0.377 e. The molecule has 4 rings (SSSR count). The van der Waals surface area contributed by atoms with E-state index >= 15 is 0 Å². The molecule has 2 aliphatic rings. The van der Waals surface area contributed by atoms with Gasteiger partial charge in [0.05, 0.1) is 5.69 Å². The molecule has 0 bridgehead atoms. The second-order valence-corrected chi connectivity index (χ2v) is 6.72. The highest BCUT2D eigenvalue weighted by atomic mass is 32.1. The van der Waals surface area contributed by atoms with Gasteiger partial charge in [-0.1, -0.05) is 0 Å². The van der Waals surface area contributed by atoms with Crippen LogP contribution in [0.5, 0.6) is 0 Å². The largest absolute Gasteiger partial charge is 0.493 e. The first kappa shape index (κ1) is 15.2.